The van der Waals surface area contributed by atoms with E-state index in [4.69, 9.17) is 5.26 Å². The summed E-state index contributed by atoms with van der Waals surface area (Å²) in [5, 5.41) is 11.6. The van der Waals surface area contributed by atoms with E-state index >= 15 is 0 Å². The third-order valence-corrected chi connectivity index (χ3v) is 2.94. The van der Waals surface area contributed by atoms with Crippen molar-refractivity contribution >= 4 is 16.5 Å². The summed E-state index contributed by atoms with van der Waals surface area (Å²) in [6.45, 7) is 6.99. The van der Waals surface area contributed by atoms with Gasteiger partial charge in [-0.1, -0.05) is 0 Å². The van der Waals surface area contributed by atoms with Crippen molar-refractivity contribution in [3.63, 3.8) is 0 Å². The minimum Gasteiger partial charge on any atom is -0.345 e. The summed E-state index contributed by atoms with van der Waals surface area (Å²) in [5.74, 6) is 0. The zero-order valence-electron chi connectivity index (χ0n) is 8.82. The Labute approximate surface area is 89.0 Å². The molecule has 76 valence electrons. The normalized spacial score (nSPS) is 10.2. The quantitative estimate of drug-likeness (QED) is 0.765. The van der Waals surface area contributed by atoms with Gasteiger partial charge in [0, 0.05) is 18.0 Å². The van der Waals surface area contributed by atoms with Crippen molar-refractivity contribution in [2.24, 2.45) is 0 Å². The molecule has 0 unspecified atom stereocenters. The maximum absolute atomic E-state index is 8.56. The van der Waals surface area contributed by atoms with E-state index in [9.17, 15) is 0 Å². The third kappa shape index (κ3) is 2.71. The highest BCUT2D eigenvalue weighted by Gasteiger charge is 2.12. The fourth-order valence-corrected chi connectivity index (χ4v) is 2.18. The number of nitriles is 1. The van der Waals surface area contributed by atoms with Gasteiger partial charge in [0.25, 0.3) is 0 Å². The molecule has 0 aromatic carbocycles. The molecule has 0 saturated carbocycles. The highest BCUT2D eigenvalue weighted by molar-refractivity contribution is 7.13. The summed E-state index contributed by atoms with van der Waals surface area (Å²) in [4.78, 5) is 6.59. The SMILES string of the molecule is Cc1csc(N(CCC#N)C(C)C)n1. The van der Waals surface area contributed by atoms with E-state index < -0.39 is 0 Å². The molecule has 1 heterocycles. The molecule has 0 aliphatic heterocycles. The van der Waals surface area contributed by atoms with E-state index in [0.29, 0.717) is 12.5 Å². The Bertz CT molecular complexity index is 324. The van der Waals surface area contributed by atoms with Crippen LogP contribution in [0, 0.1) is 18.3 Å². The van der Waals surface area contributed by atoms with Gasteiger partial charge in [-0.15, -0.1) is 11.3 Å². The lowest BCUT2D eigenvalue weighted by Crippen LogP contribution is -2.31. The summed E-state index contributed by atoms with van der Waals surface area (Å²) in [7, 11) is 0. The summed E-state index contributed by atoms with van der Waals surface area (Å²) < 4.78 is 0. The van der Waals surface area contributed by atoms with E-state index in [1.165, 1.54) is 0 Å². The number of nitrogens with zero attached hydrogens (tertiary/aromatic N) is 3. The fraction of sp³-hybridized carbons (Fsp3) is 0.600. The fourth-order valence-electron chi connectivity index (χ4n) is 1.22. The molecule has 14 heavy (non-hydrogen) atoms. The molecule has 1 aromatic rings. The van der Waals surface area contributed by atoms with Crippen LogP contribution < -0.4 is 4.90 Å². The highest BCUT2D eigenvalue weighted by Crippen LogP contribution is 2.22. The molecule has 3 nitrogen and oxygen atoms in total. The number of anilines is 1. The lowest BCUT2D eigenvalue weighted by Gasteiger charge is -2.24. The van der Waals surface area contributed by atoms with Crippen molar-refractivity contribution in [3.05, 3.63) is 11.1 Å². The molecule has 0 amide bonds. The van der Waals surface area contributed by atoms with Crippen LogP contribution >= 0.6 is 11.3 Å². The first-order valence-corrected chi connectivity index (χ1v) is 5.59. The molecule has 0 aliphatic carbocycles. The first-order chi connectivity index (χ1) is 6.65. The van der Waals surface area contributed by atoms with Gasteiger partial charge in [0.1, 0.15) is 0 Å². The van der Waals surface area contributed by atoms with Crippen LogP contribution in [0.15, 0.2) is 5.38 Å². The second-order valence-corrected chi connectivity index (χ2v) is 4.30. The summed E-state index contributed by atoms with van der Waals surface area (Å²) in [6.07, 6.45) is 0.552. The lowest BCUT2D eigenvalue weighted by atomic mass is 10.3. The molecule has 0 atom stereocenters. The Balaban J connectivity index is 2.73. The van der Waals surface area contributed by atoms with Gasteiger partial charge in [-0.25, -0.2) is 4.98 Å². The van der Waals surface area contributed by atoms with Gasteiger partial charge in [-0.05, 0) is 20.8 Å². The van der Waals surface area contributed by atoms with Crippen molar-refractivity contribution in [1.82, 2.24) is 4.98 Å². The Morgan fingerprint density at radius 2 is 2.36 bits per heavy atom. The van der Waals surface area contributed by atoms with Crippen LogP contribution in [0.1, 0.15) is 26.0 Å². The zero-order chi connectivity index (χ0) is 10.6. The van der Waals surface area contributed by atoms with Crippen LogP contribution in [0.3, 0.4) is 0 Å². The van der Waals surface area contributed by atoms with E-state index in [-0.39, 0.29) is 0 Å². The minimum atomic E-state index is 0.397. The third-order valence-electron chi connectivity index (χ3n) is 1.94. The molecule has 1 aromatic heterocycles. The molecule has 4 heteroatoms. The number of hydrogen-bond acceptors (Lipinski definition) is 4. The van der Waals surface area contributed by atoms with Gasteiger partial charge in [0.15, 0.2) is 5.13 Å². The van der Waals surface area contributed by atoms with Crippen molar-refractivity contribution in [1.29, 1.82) is 5.26 Å². The Kier molecular flexibility index (Phi) is 3.90. The maximum atomic E-state index is 8.56. The molecule has 0 radical (unpaired) electrons. The van der Waals surface area contributed by atoms with Crippen LogP contribution in [-0.2, 0) is 0 Å². The molecule has 0 N–H and O–H groups in total. The molecular weight excluding hydrogens is 194 g/mol. The summed E-state index contributed by atoms with van der Waals surface area (Å²) in [6, 6.07) is 2.56. The van der Waals surface area contributed by atoms with E-state index in [1.807, 2.05) is 12.3 Å². The number of aryl methyl sites for hydroxylation is 1. The second-order valence-electron chi connectivity index (χ2n) is 3.47. The molecule has 0 saturated heterocycles. The maximum Gasteiger partial charge on any atom is 0.185 e. The van der Waals surface area contributed by atoms with Gasteiger partial charge < -0.3 is 4.90 Å². The standard InChI is InChI=1S/C10H15N3S/c1-8(2)13(6-4-5-11)10-12-9(3)7-14-10/h7-8H,4,6H2,1-3H3. The van der Waals surface area contributed by atoms with Gasteiger partial charge in [0.2, 0.25) is 0 Å². The zero-order valence-corrected chi connectivity index (χ0v) is 9.64. The number of aromatic nitrogens is 1. The van der Waals surface area contributed by atoms with Gasteiger partial charge in [-0.3, -0.25) is 0 Å². The summed E-state index contributed by atoms with van der Waals surface area (Å²) >= 11 is 1.64. The first-order valence-electron chi connectivity index (χ1n) is 4.71. The molecule has 0 bridgehead atoms. The van der Waals surface area contributed by atoms with Crippen LogP contribution in [0.25, 0.3) is 0 Å². The van der Waals surface area contributed by atoms with Gasteiger partial charge >= 0.3 is 0 Å². The minimum absolute atomic E-state index is 0.397. The van der Waals surface area contributed by atoms with Crippen LogP contribution in [0.4, 0.5) is 5.13 Å². The van der Waals surface area contributed by atoms with E-state index in [1.54, 1.807) is 11.3 Å². The Morgan fingerprint density at radius 3 is 2.79 bits per heavy atom. The number of rotatable bonds is 4. The molecule has 0 spiro atoms. The highest BCUT2D eigenvalue weighted by atomic mass is 32.1. The van der Waals surface area contributed by atoms with Crippen molar-refractivity contribution in [3.8, 4) is 6.07 Å². The summed E-state index contributed by atoms with van der Waals surface area (Å²) in [5.41, 5.74) is 1.05. The molecule has 0 aliphatic rings. The van der Waals surface area contributed by atoms with Gasteiger partial charge in [-0.2, -0.15) is 5.26 Å². The van der Waals surface area contributed by atoms with Crippen LogP contribution in [0.5, 0.6) is 0 Å². The monoisotopic (exact) mass is 209 g/mol. The van der Waals surface area contributed by atoms with Gasteiger partial charge in [0.05, 0.1) is 18.2 Å². The van der Waals surface area contributed by atoms with Crippen LogP contribution in [-0.4, -0.2) is 17.6 Å². The molecule has 1 rings (SSSR count). The largest absolute Gasteiger partial charge is 0.345 e. The predicted octanol–water partition coefficient (Wildman–Crippen LogP) is 2.58. The smallest absolute Gasteiger partial charge is 0.185 e. The van der Waals surface area contributed by atoms with Crippen molar-refractivity contribution in [2.75, 3.05) is 11.4 Å². The van der Waals surface area contributed by atoms with E-state index in [2.05, 4.69) is 29.8 Å². The average Bonchev–Trinajstić information content (AvgIpc) is 2.52. The Hall–Kier alpha value is -1.08. The van der Waals surface area contributed by atoms with Crippen molar-refractivity contribution < 1.29 is 0 Å². The topological polar surface area (TPSA) is 39.9 Å². The second kappa shape index (κ2) is 4.97. The molecule has 0 fully saturated rings. The number of thiazole rings is 1. The first kappa shape index (κ1) is 11.0. The van der Waals surface area contributed by atoms with Crippen molar-refractivity contribution in [2.45, 2.75) is 33.2 Å². The predicted molar refractivity (Wildman–Crippen MR) is 59.6 cm³/mol. The average molecular weight is 209 g/mol. The van der Waals surface area contributed by atoms with Crippen LogP contribution in [0.2, 0.25) is 0 Å². The number of hydrogen-bond donors (Lipinski definition) is 0. The van der Waals surface area contributed by atoms with E-state index in [0.717, 1.165) is 17.4 Å². The lowest BCUT2D eigenvalue weighted by molar-refractivity contribution is 0.683. The Morgan fingerprint density at radius 1 is 1.64 bits per heavy atom. The molecular formula is C10H15N3S.